The molecule has 3 nitrogen and oxygen atoms in total. The van der Waals surface area contributed by atoms with Gasteiger partial charge in [-0.05, 0) is 37.1 Å². The predicted molar refractivity (Wildman–Crippen MR) is 87.0 cm³/mol. The number of ether oxygens (including phenoxy) is 1. The van der Waals surface area contributed by atoms with Crippen LogP contribution in [0, 0.1) is 6.92 Å². The fourth-order valence-electron chi connectivity index (χ4n) is 2.28. The van der Waals surface area contributed by atoms with Crippen LogP contribution in [0.3, 0.4) is 0 Å². The summed E-state index contributed by atoms with van der Waals surface area (Å²) in [5.74, 6) is 1.56. The monoisotopic (exact) mass is 284 g/mol. The highest BCUT2D eigenvalue weighted by atomic mass is 16.5. The second kappa shape index (κ2) is 6.27. The van der Waals surface area contributed by atoms with Crippen LogP contribution in [0.25, 0.3) is 0 Å². The molecule has 2 rings (SSSR count). The lowest BCUT2D eigenvalue weighted by atomic mass is 9.86. The zero-order chi connectivity index (χ0) is 15.5. The van der Waals surface area contributed by atoms with E-state index >= 15 is 0 Å². The summed E-state index contributed by atoms with van der Waals surface area (Å²) in [5, 5.41) is 3.15. The topological polar surface area (TPSA) is 34.2 Å². The highest BCUT2D eigenvalue weighted by molar-refractivity contribution is 5.44. The molecule has 0 spiro atoms. The Bertz CT molecular complexity index is 615. The molecule has 0 radical (unpaired) electrons. The minimum atomic E-state index is 0.0288. The number of pyridine rings is 1. The van der Waals surface area contributed by atoms with Gasteiger partial charge in [0.2, 0.25) is 5.88 Å². The molecule has 0 saturated heterocycles. The van der Waals surface area contributed by atoms with E-state index in [1.165, 1.54) is 11.1 Å². The maximum absolute atomic E-state index is 6.15. The molecule has 0 atom stereocenters. The lowest BCUT2D eigenvalue weighted by Crippen LogP contribution is -2.13. The lowest BCUT2D eigenvalue weighted by Gasteiger charge is -2.23. The van der Waals surface area contributed by atoms with Gasteiger partial charge in [0, 0.05) is 23.9 Å². The average Bonchev–Trinajstić information content (AvgIpc) is 2.40. The molecule has 3 heteroatoms. The highest BCUT2D eigenvalue weighted by Crippen LogP contribution is 2.35. The van der Waals surface area contributed by atoms with Gasteiger partial charge in [-0.2, -0.15) is 0 Å². The summed E-state index contributed by atoms with van der Waals surface area (Å²) in [5.41, 5.74) is 3.46. The van der Waals surface area contributed by atoms with E-state index in [0.29, 0.717) is 5.88 Å². The van der Waals surface area contributed by atoms with Crippen LogP contribution in [0.2, 0.25) is 0 Å². The van der Waals surface area contributed by atoms with Crippen molar-refractivity contribution in [2.45, 2.75) is 39.7 Å². The van der Waals surface area contributed by atoms with Crippen molar-refractivity contribution in [3.05, 3.63) is 53.2 Å². The fraction of sp³-hybridized carbons (Fsp3) is 0.389. The van der Waals surface area contributed by atoms with Gasteiger partial charge >= 0.3 is 0 Å². The van der Waals surface area contributed by atoms with Crippen molar-refractivity contribution >= 4 is 0 Å². The van der Waals surface area contributed by atoms with Crippen molar-refractivity contribution in [2.24, 2.45) is 0 Å². The van der Waals surface area contributed by atoms with E-state index in [9.17, 15) is 0 Å². The van der Waals surface area contributed by atoms with Crippen LogP contribution < -0.4 is 10.1 Å². The number of aromatic nitrogens is 1. The molecule has 0 amide bonds. The predicted octanol–water partition coefficient (Wildman–Crippen LogP) is 4.20. The van der Waals surface area contributed by atoms with Crippen molar-refractivity contribution in [1.82, 2.24) is 10.3 Å². The SMILES string of the molecule is CNCc1cccnc1Oc1cc(C)ccc1C(C)(C)C. The molecule has 21 heavy (non-hydrogen) atoms. The zero-order valence-electron chi connectivity index (χ0n) is 13.5. The van der Waals surface area contributed by atoms with Crippen molar-refractivity contribution in [2.75, 3.05) is 7.05 Å². The van der Waals surface area contributed by atoms with E-state index in [1.807, 2.05) is 19.2 Å². The lowest BCUT2D eigenvalue weighted by molar-refractivity contribution is 0.433. The first-order chi connectivity index (χ1) is 9.91. The van der Waals surface area contributed by atoms with Gasteiger partial charge in [0.05, 0.1) is 0 Å². The fourth-order valence-corrected chi connectivity index (χ4v) is 2.28. The number of nitrogens with one attached hydrogen (secondary N) is 1. The maximum Gasteiger partial charge on any atom is 0.223 e. The molecule has 112 valence electrons. The number of hydrogen-bond acceptors (Lipinski definition) is 3. The molecule has 0 bridgehead atoms. The van der Waals surface area contributed by atoms with E-state index in [2.05, 4.69) is 56.2 Å². The van der Waals surface area contributed by atoms with Gasteiger partial charge in [-0.15, -0.1) is 0 Å². The molecule has 2 aromatic rings. The van der Waals surface area contributed by atoms with Crippen LogP contribution in [0.1, 0.15) is 37.5 Å². The third-order valence-corrected chi connectivity index (χ3v) is 3.37. The standard InChI is InChI=1S/C18H24N2O/c1-13-8-9-15(18(2,3)4)16(11-13)21-17-14(12-19-5)7-6-10-20-17/h6-11,19H,12H2,1-5H3. The van der Waals surface area contributed by atoms with E-state index < -0.39 is 0 Å². The highest BCUT2D eigenvalue weighted by Gasteiger charge is 2.20. The van der Waals surface area contributed by atoms with E-state index in [-0.39, 0.29) is 5.41 Å². The zero-order valence-corrected chi connectivity index (χ0v) is 13.5. The summed E-state index contributed by atoms with van der Waals surface area (Å²) in [6.45, 7) is 9.39. The Morgan fingerprint density at radius 3 is 2.62 bits per heavy atom. The first-order valence-electron chi connectivity index (χ1n) is 7.29. The average molecular weight is 284 g/mol. The molecule has 1 N–H and O–H groups in total. The third-order valence-electron chi connectivity index (χ3n) is 3.37. The molecule has 0 saturated carbocycles. The first-order valence-corrected chi connectivity index (χ1v) is 7.29. The quantitative estimate of drug-likeness (QED) is 0.913. The van der Waals surface area contributed by atoms with Gasteiger partial charge in [-0.1, -0.05) is 39.0 Å². The van der Waals surface area contributed by atoms with E-state index in [0.717, 1.165) is 17.9 Å². The van der Waals surface area contributed by atoms with Crippen LogP contribution in [0.15, 0.2) is 36.5 Å². The number of rotatable bonds is 4. The summed E-state index contributed by atoms with van der Waals surface area (Å²) in [7, 11) is 1.92. The summed E-state index contributed by atoms with van der Waals surface area (Å²) < 4.78 is 6.15. The Morgan fingerprint density at radius 1 is 1.19 bits per heavy atom. The van der Waals surface area contributed by atoms with Gasteiger partial charge in [-0.25, -0.2) is 4.98 Å². The second-order valence-electron chi connectivity index (χ2n) is 6.35. The van der Waals surface area contributed by atoms with Gasteiger partial charge < -0.3 is 10.1 Å². The molecular weight excluding hydrogens is 260 g/mol. The van der Waals surface area contributed by atoms with Gasteiger partial charge in [0.15, 0.2) is 0 Å². The van der Waals surface area contributed by atoms with Gasteiger partial charge in [0.25, 0.3) is 0 Å². The molecule has 0 aliphatic heterocycles. The summed E-state index contributed by atoms with van der Waals surface area (Å²) in [4.78, 5) is 4.38. The molecule has 1 aromatic carbocycles. The number of benzene rings is 1. The van der Waals surface area contributed by atoms with Crippen molar-refractivity contribution in [1.29, 1.82) is 0 Å². The summed E-state index contributed by atoms with van der Waals surface area (Å²) in [6.07, 6.45) is 1.76. The van der Waals surface area contributed by atoms with Crippen LogP contribution >= 0.6 is 0 Å². The van der Waals surface area contributed by atoms with Gasteiger partial charge in [-0.3, -0.25) is 0 Å². The van der Waals surface area contributed by atoms with Crippen LogP contribution in [0.5, 0.6) is 11.6 Å². The third kappa shape index (κ3) is 3.82. The maximum atomic E-state index is 6.15. The molecule has 1 aromatic heterocycles. The molecule has 1 heterocycles. The normalized spacial score (nSPS) is 11.5. The first kappa shape index (κ1) is 15.5. The Morgan fingerprint density at radius 2 is 1.95 bits per heavy atom. The Kier molecular flexibility index (Phi) is 4.63. The van der Waals surface area contributed by atoms with Crippen molar-refractivity contribution in [3.63, 3.8) is 0 Å². The van der Waals surface area contributed by atoms with Crippen LogP contribution in [-0.2, 0) is 12.0 Å². The summed E-state index contributed by atoms with van der Waals surface area (Å²) in [6, 6.07) is 10.3. The van der Waals surface area contributed by atoms with Crippen molar-refractivity contribution in [3.8, 4) is 11.6 Å². The van der Waals surface area contributed by atoms with E-state index in [1.54, 1.807) is 6.20 Å². The number of aryl methyl sites for hydroxylation is 1. The van der Waals surface area contributed by atoms with Gasteiger partial charge in [0.1, 0.15) is 5.75 Å². The Hall–Kier alpha value is -1.87. The number of hydrogen-bond donors (Lipinski definition) is 1. The smallest absolute Gasteiger partial charge is 0.223 e. The minimum Gasteiger partial charge on any atom is -0.438 e. The minimum absolute atomic E-state index is 0.0288. The Labute approximate surface area is 127 Å². The summed E-state index contributed by atoms with van der Waals surface area (Å²) >= 11 is 0. The van der Waals surface area contributed by atoms with Crippen molar-refractivity contribution < 1.29 is 4.74 Å². The molecular formula is C18H24N2O. The second-order valence-corrected chi connectivity index (χ2v) is 6.35. The molecule has 0 aliphatic carbocycles. The molecule has 0 unspecified atom stereocenters. The molecule has 0 fully saturated rings. The van der Waals surface area contributed by atoms with Crippen LogP contribution in [-0.4, -0.2) is 12.0 Å². The Balaban J connectivity index is 2.42. The molecule has 0 aliphatic rings. The van der Waals surface area contributed by atoms with E-state index in [4.69, 9.17) is 4.74 Å². The van der Waals surface area contributed by atoms with Crippen LogP contribution in [0.4, 0.5) is 0 Å². The number of nitrogens with zero attached hydrogens (tertiary/aromatic N) is 1. The largest absolute Gasteiger partial charge is 0.438 e.